The zero-order valence-electron chi connectivity index (χ0n) is 7.38. The van der Waals surface area contributed by atoms with Gasteiger partial charge in [0.15, 0.2) is 0 Å². The Morgan fingerprint density at radius 1 is 1.69 bits per heavy atom. The number of hydrogen-bond acceptors (Lipinski definition) is 2. The van der Waals surface area contributed by atoms with Crippen molar-refractivity contribution in [3.63, 3.8) is 0 Å². The number of rotatable bonds is 3. The molecule has 0 aliphatic rings. The van der Waals surface area contributed by atoms with Crippen LogP contribution < -0.4 is 4.74 Å². The molecular formula is C10H10BrNO. The number of pyridine rings is 1. The normalized spacial score (nSPS) is 9.31. The van der Waals surface area contributed by atoms with E-state index in [9.17, 15) is 0 Å². The molecule has 13 heavy (non-hydrogen) atoms. The Balaban J connectivity index is 2.62. The molecule has 1 heterocycles. The minimum absolute atomic E-state index is 0.505. The predicted molar refractivity (Wildman–Crippen MR) is 55.6 cm³/mol. The molecule has 0 aromatic carbocycles. The average molecular weight is 240 g/mol. The Labute approximate surface area is 86.5 Å². The van der Waals surface area contributed by atoms with E-state index < -0.39 is 0 Å². The van der Waals surface area contributed by atoms with Crippen LogP contribution in [0.2, 0.25) is 0 Å². The first kappa shape index (κ1) is 10.1. The van der Waals surface area contributed by atoms with Crippen molar-refractivity contribution in [1.82, 2.24) is 4.98 Å². The van der Waals surface area contributed by atoms with E-state index in [0.29, 0.717) is 18.9 Å². The number of nitrogens with zero attached hydrogens (tertiary/aromatic N) is 1. The maximum absolute atomic E-state index is 5.33. The molecule has 0 spiro atoms. The van der Waals surface area contributed by atoms with E-state index >= 15 is 0 Å². The summed E-state index contributed by atoms with van der Waals surface area (Å²) in [6.45, 7) is 2.48. The Morgan fingerprint density at radius 2 is 2.46 bits per heavy atom. The van der Waals surface area contributed by atoms with Gasteiger partial charge in [0, 0.05) is 12.6 Å². The maximum Gasteiger partial charge on any atom is 0.227 e. The van der Waals surface area contributed by atoms with Crippen molar-refractivity contribution in [3.05, 3.63) is 22.3 Å². The zero-order chi connectivity index (χ0) is 9.68. The Morgan fingerprint density at radius 3 is 3.08 bits per heavy atom. The number of halogens is 1. The molecule has 0 atom stereocenters. The topological polar surface area (TPSA) is 22.1 Å². The van der Waals surface area contributed by atoms with Gasteiger partial charge in [0.1, 0.15) is 6.61 Å². The summed E-state index contributed by atoms with van der Waals surface area (Å²) in [6, 6.07) is 1.96. The van der Waals surface area contributed by atoms with Crippen molar-refractivity contribution in [2.45, 2.75) is 13.3 Å². The molecule has 1 aromatic rings. The highest BCUT2D eigenvalue weighted by Crippen LogP contribution is 2.22. The fraction of sp³-hybridized carbons (Fsp3) is 0.300. The lowest BCUT2D eigenvalue weighted by Gasteiger charge is -2.05. The molecule has 0 aliphatic heterocycles. The molecule has 2 nitrogen and oxygen atoms in total. The lowest BCUT2D eigenvalue weighted by atomic mass is 10.3. The maximum atomic E-state index is 5.33. The number of aromatic nitrogens is 1. The Kier molecular flexibility index (Phi) is 3.78. The van der Waals surface area contributed by atoms with Crippen LogP contribution in [0.4, 0.5) is 0 Å². The van der Waals surface area contributed by atoms with Gasteiger partial charge in [-0.15, -0.1) is 12.3 Å². The zero-order valence-corrected chi connectivity index (χ0v) is 8.97. The molecule has 0 saturated heterocycles. The van der Waals surface area contributed by atoms with Gasteiger partial charge in [-0.1, -0.05) is 0 Å². The fourth-order valence-corrected chi connectivity index (χ4v) is 1.41. The molecule has 0 bridgehead atoms. The third-order valence-corrected chi connectivity index (χ3v) is 2.00. The third kappa shape index (κ3) is 3.08. The van der Waals surface area contributed by atoms with Crippen LogP contribution in [-0.4, -0.2) is 11.6 Å². The van der Waals surface area contributed by atoms with Crippen molar-refractivity contribution < 1.29 is 4.74 Å². The van der Waals surface area contributed by atoms with Gasteiger partial charge in [0.25, 0.3) is 0 Å². The number of terminal acetylenes is 1. The van der Waals surface area contributed by atoms with Crippen molar-refractivity contribution in [1.29, 1.82) is 0 Å². The standard InChI is InChI=1S/C10H10BrNO/c1-3-4-5-13-10-9(11)6-8(2)7-12-10/h1,6-7H,4-5H2,2H3. The summed E-state index contributed by atoms with van der Waals surface area (Å²) in [7, 11) is 0. The summed E-state index contributed by atoms with van der Waals surface area (Å²) in [5.41, 5.74) is 1.09. The molecule has 0 amide bonds. The molecule has 0 radical (unpaired) electrons. The first-order valence-corrected chi connectivity index (χ1v) is 4.71. The van der Waals surface area contributed by atoms with Gasteiger partial charge in [-0.05, 0) is 34.5 Å². The van der Waals surface area contributed by atoms with E-state index in [4.69, 9.17) is 11.2 Å². The fourth-order valence-electron chi connectivity index (χ4n) is 0.834. The van der Waals surface area contributed by atoms with Crippen LogP contribution in [0.1, 0.15) is 12.0 Å². The molecule has 0 unspecified atom stereocenters. The molecule has 0 saturated carbocycles. The smallest absolute Gasteiger partial charge is 0.227 e. The summed E-state index contributed by atoms with van der Waals surface area (Å²) in [5.74, 6) is 3.10. The molecule has 0 aliphatic carbocycles. The summed E-state index contributed by atoms with van der Waals surface area (Å²) < 4.78 is 6.20. The predicted octanol–water partition coefficient (Wildman–Crippen LogP) is 2.55. The molecule has 0 fully saturated rings. The summed E-state index contributed by atoms with van der Waals surface area (Å²) in [4.78, 5) is 4.11. The van der Waals surface area contributed by atoms with Gasteiger partial charge in [-0.2, -0.15) is 0 Å². The first-order valence-electron chi connectivity index (χ1n) is 3.92. The Bertz CT molecular complexity index is 330. The van der Waals surface area contributed by atoms with Crippen LogP contribution in [0.25, 0.3) is 0 Å². The second-order valence-corrected chi connectivity index (χ2v) is 3.46. The first-order chi connectivity index (χ1) is 6.24. The van der Waals surface area contributed by atoms with Gasteiger partial charge < -0.3 is 4.74 Å². The van der Waals surface area contributed by atoms with Gasteiger partial charge in [0.2, 0.25) is 5.88 Å². The summed E-state index contributed by atoms with van der Waals surface area (Å²) >= 11 is 3.36. The van der Waals surface area contributed by atoms with E-state index in [2.05, 4.69) is 26.8 Å². The van der Waals surface area contributed by atoms with Crippen molar-refractivity contribution in [2.24, 2.45) is 0 Å². The van der Waals surface area contributed by atoms with Gasteiger partial charge in [-0.3, -0.25) is 0 Å². The lowest BCUT2D eigenvalue weighted by molar-refractivity contribution is 0.312. The van der Waals surface area contributed by atoms with E-state index in [-0.39, 0.29) is 0 Å². The largest absolute Gasteiger partial charge is 0.476 e. The van der Waals surface area contributed by atoms with Crippen molar-refractivity contribution in [3.8, 4) is 18.2 Å². The van der Waals surface area contributed by atoms with Gasteiger partial charge in [-0.25, -0.2) is 4.98 Å². The van der Waals surface area contributed by atoms with E-state index in [0.717, 1.165) is 10.0 Å². The average Bonchev–Trinajstić information content (AvgIpc) is 2.09. The third-order valence-electron chi connectivity index (χ3n) is 1.43. The number of ether oxygens (including phenoxy) is 1. The minimum atomic E-state index is 0.505. The molecule has 0 N–H and O–H groups in total. The highest BCUT2D eigenvalue weighted by molar-refractivity contribution is 9.10. The van der Waals surface area contributed by atoms with Crippen LogP contribution in [-0.2, 0) is 0 Å². The van der Waals surface area contributed by atoms with Crippen LogP contribution >= 0.6 is 15.9 Å². The monoisotopic (exact) mass is 239 g/mol. The Hall–Kier alpha value is -1.01. The lowest BCUT2D eigenvalue weighted by Crippen LogP contribution is -1.98. The highest BCUT2D eigenvalue weighted by Gasteiger charge is 2.01. The molecule has 68 valence electrons. The molecule has 1 rings (SSSR count). The van der Waals surface area contributed by atoms with Crippen LogP contribution in [0, 0.1) is 19.3 Å². The SMILES string of the molecule is C#CCCOc1ncc(C)cc1Br. The van der Waals surface area contributed by atoms with E-state index in [1.807, 2.05) is 13.0 Å². The molecule has 3 heteroatoms. The van der Waals surface area contributed by atoms with E-state index in [1.54, 1.807) is 6.20 Å². The van der Waals surface area contributed by atoms with Crippen LogP contribution in [0.5, 0.6) is 5.88 Å². The molecule has 1 aromatic heterocycles. The quantitative estimate of drug-likeness (QED) is 0.598. The summed E-state index contributed by atoms with van der Waals surface area (Å²) in [5, 5.41) is 0. The second-order valence-electron chi connectivity index (χ2n) is 2.60. The number of hydrogen-bond donors (Lipinski definition) is 0. The minimum Gasteiger partial charge on any atom is -0.476 e. The van der Waals surface area contributed by atoms with Crippen LogP contribution in [0.15, 0.2) is 16.7 Å². The van der Waals surface area contributed by atoms with Gasteiger partial charge >= 0.3 is 0 Å². The van der Waals surface area contributed by atoms with Crippen molar-refractivity contribution >= 4 is 15.9 Å². The molecular weight excluding hydrogens is 230 g/mol. The highest BCUT2D eigenvalue weighted by atomic mass is 79.9. The number of aryl methyl sites for hydroxylation is 1. The second kappa shape index (κ2) is 4.88. The van der Waals surface area contributed by atoms with Crippen LogP contribution in [0.3, 0.4) is 0 Å². The van der Waals surface area contributed by atoms with Crippen molar-refractivity contribution in [2.75, 3.05) is 6.61 Å². The van der Waals surface area contributed by atoms with E-state index in [1.165, 1.54) is 0 Å². The van der Waals surface area contributed by atoms with Gasteiger partial charge in [0.05, 0.1) is 4.47 Å². The summed E-state index contributed by atoms with van der Waals surface area (Å²) in [6.07, 6.45) is 7.45.